The van der Waals surface area contributed by atoms with E-state index in [4.69, 9.17) is 35.9 Å². The zero-order chi connectivity index (χ0) is 28.0. The number of aromatic nitrogens is 4. The number of anilines is 1. The molecular weight excluding hydrogens is 543 g/mol. The molecule has 13 heteroatoms. The Morgan fingerprint density at radius 3 is 2.77 bits per heavy atom. The fraction of sp³-hybridized carbons (Fsp3) is 0.538. The van der Waals surface area contributed by atoms with Crippen LogP contribution in [0.2, 0.25) is 5.02 Å². The second-order valence-corrected chi connectivity index (χ2v) is 11.6. The lowest BCUT2D eigenvalue weighted by Crippen LogP contribution is -2.48. The van der Waals surface area contributed by atoms with Crippen molar-refractivity contribution >= 4 is 43.1 Å². The first-order valence-corrected chi connectivity index (χ1v) is 14.6. The molecule has 1 fully saturated rings. The topological polar surface area (TPSA) is 136 Å². The third kappa shape index (κ3) is 7.15. The van der Waals surface area contributed by atoms with E-state index >= 15 is 0 Å². The summed E-state index contributed by atoms with van der Waals surface area (Å²) in [6.07, 6.45) is 6.81. The summed E-state index contributed by atoms with van der Waals surface area (Å²) in [6, 6.07) is 7.00. The van der Waals surface area contributed by atoms with Crippen LogP contribution in [0, 0.1) is 5.92 Å². The van der Waals surface area contributed by atoms with Gasteiger partial charge in [-0.3, -0.25) is 9.36 Å². The number of rotatable bonds is 13. The number of benzene rings is 1. The summed E-state index contributed by atoms with van der Waals surface area (Å²) in [5.74, 6) is 0.693. The van der Waals surface area contributed by atoms with E-state index in [1.165, 1.54) is 13.4 Å². The van der Waals surface area contributed by atoms with Crippen molar-refractivity contribution in [3.8, 4) is 5.75 Å². The predicted molar refractivity (Wildman–Crippen MR) is 150 cm³/mol. The summed E-state index contributed by atoms with van der Waals surface area (Å²) < 4.78 is 25.8. The van der Waals surface area contributed by atoms with Gasteiger partial charge in [-0.1, -0.05) is 44.7 Å². The van der Waals surface area contributed by atoms with Crippen molar-refractivity contribution in [2.24, 2.45) is 5.92 Å². The SMILES string of the molecule is CCCCCC(C)(NP(OCC1CC(C)C(n2cnc3c(N)ncnc32)O1)Oc1ccc(Cl)cc1)C(=O)OC. The van der Waals surface area contributed by atoms with Crippen molar-refractivity contribution in [2.75, 3.05) is 19.5 Å². The smallest absolute Gasteiger partial charge is 0.326 e. The minimum atomic E-state index is -1.75. The molecule has 1 saturated heterocycles. The van der Waals surface area contributed by atoms with Gasteiger partial charge in [0.1, 0.15) is 29.4 Å². The number of halogens is 1. The fourth-order valence-corrected chi connectivity index (χ4v) is 6.11. The Labute approximate surface area is 234 Å². The number of carbonyl (C=O) groups is 1. The second kappa shape index (κ2) is 13.2. The molecule has 4 rings (SSSR count). The van der Waals surface area contributed by atoms with Gasteiger partial charge in [0.15, 0.2) is 11.5 Å². The first-order chi connectivity index (χ1) is 18.7. The molecule has 0 aliphatic carbocycles. The van der Waals surface area contributed by atoms with Gasteiger partial charge in [-0.25, -0.2) is 20.0 Å². The molecule has 1 aromatic carbocycles. The van der Waals surface area contributed by atoms with Crippen molar-refractivity contribution in [3.63, 3.8) is 0 Å². The highest BCUT2D eigenvalue weighted by Crippen LogP contribution is 2.42. The highest BCUT2D eigenvalue weighted by molar-refractivity contribution is 7.45. The quantitative estimate of drug-likeness (QED) is 0.154. The Bertz CT molecular complexity index is 1250. The number of unbranched alkanes of at least 4 members (excludes halogenated alkanes) is 2. The lowest BCUT2D eigenvalue weighted by molar-refractivity contribution is -0.147. The maximum Gasteiger partial charge on any atom is 0.326 e. The number of nitrogens with two attached hydrogens (primary N) is 1. The molecule has 3 N–H and O–H groups in total. The van der Waals surface area contributed by atoms with Crippen LogP contribution in [0.15, 0.2) is 36.9 Å². The van der Waals surface area contributed by atoms with Crippen LogP contribution >= 0.6 is 20.1 Å². The molecule has 5 atom stereocenters. The third-order valence-electron chi connectivity index (χ3n) is 6.75. The van der Waals surface area contributed by atoms with Crippen LogP contribution in [0.3, 0.4) is 0 Å². The zero-order valence-corrected chi connectivity index (χ0v) is 24.3. The summed E-state index contributed by atoms with van der Waals surface area (Å²) in [5, 5.41) is 3.91. The third-order valence-corrected chi connectivity index (χ3v) is 8.44. The van der Waals surface area contributed by atoms with Gasteiger partial charge in [0.05, 0.1) is 26.1 Å². The molecule has 0 spiro atoms. The Morgan fingerprint density at radius 1 is 1.28 bits per heavy atom. The van der Waals surface area contributed by atoms with Gasteiger partial charge in [0.2, 0.25) is 0 Å². The average molecular weight is 579 g/mol. The molecule has 1 aliphatic heterocycles. The lowest BCUT2D eigenvalue weighted by atomic mass is 9.96. The van der Waals surface area contributed by atoms with Crippen molar-refractivity contribution in [1.29, 1.82) is 0 Å². The number of methoxy groups -OCH3 is 1. The molecule has 3 heterocycles. The summed E-state index contributed by atoms with van der Waals surface area (Å²) in [6.45, 7) is 6.30. The number of imidazole rings is 1. The molecule has 3 aromatic rings. The molecule has 0 amide bonds. The number of nitrogens with one attached hydrogen (secondary N) is 1. The highest BCUT2D eigenvalue weighted by atomic mass is 35.5. The minimum Gasteiger partial charge on any atom is -0.468 e. The number of fused-ring (bicyclic) bond motifs is 1. The molecule has 0 bridgehead atoms. The molecule has 5 unspecified atom stereocenters. The van der Waals surface area contributed by atoms with Crippen molar-refractivity contribution in [1.82, 2.24) is 24.6 Å². The van der Waals surface area contributed by atoms with Crippen LogP contribution in [0.25, 0.3) is 11.2 Å². The molecule has 212 valence electrons. The standard InChI is InChI=1S/C26H36ClN6O5P/c1-5-6-7-12-26(3,25(34)35-4)32-39(38-19-10-8-18(27)9-11-19)36-14-20-13-17(2)24(37-20)33-16-31-21-22(28)29-15-30-23(21)33/h8-11,15-17,20,24,32H,5-7,12-14H2,1-4H3,(H2,28,29,30). The summed E-state index contributed by atoms with van der Waals surface area (Å²) in [5.41, 5.74) is 6.14. The lowest BCUT2D eigenvalue weighted by Gasteiger charge is -2.31. The Morgan fingerprint density at radius 2 is 2.05 bits per heavy atom. The molecular formula is C26H36ClN6O5P. The van der Waals surface area contributed by atoms with E-state index in [9.17, 15) is 4.79 Å². The summed E-state index contributed by atoms with van der Waals surface area (Å²) >= 11 is 6.05. The molecule has 39 heavy (non-hydrogen) atoms. The van der Waals surface area contributed by atoms with Crippen molar-refractivity contribution < 1.29 is 23.3 Å². The maximum absolute atomic E-state index is 12.8. The van der Waals surface area contributed by atoms with Crippen molar-refractivity contribution in [3.05, 3.63) is 41.9 Å². The fourth-order valence-electron chi connectivity index (χ4n) is 4.60. The van der Waals surface area contributed by atoms with Crippen LogP contribution in [-0.4, -0.2) is 50.8 Å². The normalized spacial score (nSPS) is 21.5. The van der Waals surface area contributed by atoms with Crippen molar-refractivity contribution in [2.45, 2.75) is 70.7 Å². The van der Waals surface area contributed by atoms with Gasteiger partial charge in [-0.15, -0.1) is 0 Å². The number of esters is 1. The Balaban J connectivity index is 1.47. The number of nitrogen functional groups attached to an aromatic ring is 1. The van der Waals surface area contributed by atoms with E-state index < -0.39 is 14.1 Å². The van der Waals surface area contributed by atoms with Crippen LogP contribution in [0.4, 0.5) is 5.82 Å². The molecule has 1 aliphatic rings. The summed E-state index contributed by atoms with van der Waals surface area (Å²) in [4.78, 5) is 25.5. The van der Waals surface area contributed by atoms with Gasteiger partial charge in [0, 0.05) is 10.9 Å². The number of hydrogen-bond acceptors (Lipinski definition) is 10. The first-order valence-electron chi connectivity index (χ1n) is 13.0. The van der Waals surface area contributed by atoms with E-state index in [0.717, 1.165) is 25.7 Å². The maximum atomic E-state index is 12.8. The number of hydrogen-bond donors (Lipinski definition) is 2. The van der Waals surface area contributed by atoms with Crippen LogP contribution in [-0.2, 0) is 18.8 Å². The van der Waals surface area contributed by atoms with Gasteiger partial charge >= 0.3 is 14.5 Å². The van der Waals surface area contributed by atoms with Crippen LogP contribution in [0.1, 0.15) is 59.1 Å². The largest absolute Gasteiger partial charge is 0.468 e. The number of carbonyl (C=O) groups excluding carboxylic acids is 1. The average Bonchev–Trinajstić information content (AvgIpc) is 3.52. The summed E-state index contributed by atoms with van der Waals surface area (Å²) in [7, 11) is -0.360. The molecule has 2 aromatic heterocycles. The van der Waals surface area contributed by atoms with Crippen LogP contribution < -0.4 is 15.3 Å². The van der Waals surface area contributed by atoms with Gasteiger partial charge in [0.25, 0.3) is 0 Å². The molecule has 0 saturated carbocycles. The predicted octanol–water partition coefficient (Wildman–Crippen LogP) is 5.41. The van der Waals surface area contributed by atoms with E-state index in [2.05, 4.69) is 33.9 Å². The minimum absolute atomic E-state index is 0.165. The van der Waals surface area contributed by atoms with Gasteiger partial charge in [-0.05, 0) is 44.0 Å². The number of ether oxygens (including phenoxy) is 2. The van der Waals surface area contributed by atoms with E-state index in [1.807, 2.05) is 11.5 Å². The van der Waals surface area contributed by atoms with Gasteiger partial charge in [-0.2, -0.15) is 0 Å². The van der Waals surface area contributed by atoms with E-state index in [1.54, 1.807) is 30.6 Å². The Kier molecular flexibility index (Phi) is 9.96. The van der Waals surface area contributed by atoms with Gasteiger partial charge < -0.3 is 24.3 Å². The van der Waals surface area contributed by atoms with E-state index in [0.29, 0.717) is 34.2 Å². The first kappa shape index (κ1) is 29.4. The Hall–Kier alpha value is -2.56. The molecule has 11 nitrogen and oxygen atoms in total. The number of nitrogens with zero attached hydrogens (tertiary/aromatic N) is 4. The molecule has 0 radical (unpaired) electrons. The second-order valence-electron chi connectivity index (χ2n) is 9.94. The zero-order valence-electron chi connectivity index (χ0n) is 22.7. The monoisotopic (exact) mass is 578 g/mol. The van der Waals surface area contributed by atoms with Crippen LogP contribution in [0.5, 0.6) is 5.75 Å². The highest BCUT2D eigenvalue weighted by Gasteiger charge is 2.40. The van der Waals surface area contributed by atoms with E-state index in [-0.39, 0.29) is 30.8 Å².